The fourth-order valence-electron chi connectivity index (χ4n) is 4.02. The summed E-state index contributed by atoms with van der Waals surface area (Å²) < 4.78 is 6.17. The summed E-state index contributed by atoms with van der Waals surface area (Å²) in [7, 11) is 0. The summed E-state index contributed by atoms with van der Waals surface area (Å²) in [5.74, 6) is 0.869. The lowest BCUT2D eigenvalue weighted by molar-refractivity contribution is -0.0600. The Hall–Kier alpha value is -0.0800. The molecule has 2 heterocycles. The second kappa shape index (κ2) is 4.66. The van der Waals surface area contributed by atoms with E-state index in [4.69, 9.17) is 4.74 Å². The molecule has 3 aliphatic rings. The first-order valence-electron chi connectivity index (χ1n) is 7.22. The molecule has 4 atom stereocenters. The fraction of sp³-hybridized carbons (Fsp3) is 1.00. The van der Waals surface area contributed by atoms with Gasteiger partial charge < -0.3 is 4.74 Å². The van der Waals surface area contributed by atoms with Crippen LogP contribution < -0.4 is 0 Å². The third kappa shape index (κ3) is 2.02. The zero-order valence-electron chi connectivity index (χ0n) is 10.5. The van der Waals surface area contributed by atoms with Crippen LogP contribution in [0.15, 0.2) is 0 Å². The molecule has 0 spiro atoms. The van der Waals surface area contributed by atoms with Crippen LogP contribution in [0.1, 0.15) is 58.3 Å². The Morgan fingerprint density at radius 2 is 1.88 bits per heavy atom. The second-order valence-corrected chi connectivity index (χ2v) is 6.06. The molecule has 2 nitrogen and oxygen atoms in total. The van der Waals surface area contributed by atoms with Crippen LogP contribution in [0.5, 0.6) is 0 Å². The Bertz CT molecular complexity index is 243. The van der Waals surface area contributed by atoms with E-state index in [2.05, 4.69) is 11.8 Å². The minimum absolute atomic E-state index is 0.589. The Balaban J connectivity index is 1.72. The first-order valence-corrected chi connectivity index (χ1v) is 7.22. The van der Waals surface area contributed by atoms with Crippen molar-refractivity contribution in [3.63, 3.8) is 0 Å². The lowest BCUT2D eigenvalue weighted by Crippen LogP contribution is -2.45. The first kappa shape index (κ1) is 11.0. The highest BCUT2D eigenvalue weighted by atomic mass is 16.5. The summed E-state index contributed by atoms with van der Waals surface area (Å²) in [6.07, 6.45) is 11.8. The molecule has 0 aromatic carbocycles. The third-order valence-corrected chi connectivity index (χ3v) is 5.05. The summed E-state index contributed by atoms with van der Waals surface area (Å²) in [6, 6.07) is 1.58. The van der Waals surface area contributed by atoms with E-state index < -0.39 is 0 Å². The van der Waals surface area contributed by atoms with Crippen molar-refractivity contribution in [2.24, 2.45) is 5.92 Å². The molecule has 3 rings (SSSR count). The topological polar surface area (TPSA) is 12.5 Å². The number of hydrogen-bond acceptors (Lipinski definition) is 2. The van der Waals surface area contributed by atoms with Crippen LogP contribution in [0.25, 0.3) is 0 Å². The molecule has 2 saturated heterocycles. The number of fused-ring (bicyclic) bond motifs is 2. The standard InChI is InChI=1S/C14H25NO/c1-11-5-4-7-13-9-12-6-2-3-8-14(12)16-10-15(11)13/h11-14H,2-10H2,1H3/t11-,12-,13-,14+/m1/s1. The maximum atomic E-state index is 6.17. The second-order valence-electron chi connectivity index (χ2n) is 6.06. The molecule has 0 radical (unpaired) electrons. The minimum atomic E-state index is 0.589. The molecule has 2 heteroatoms. The molecular formula is C14H25NO. The van der Waals surface area contributed by atoms with E-state index in [1.807, 2.05) is 0 Å². The number of hydrogen-bond donors (Lipinski definition) is 0. The summed E-state index contributed by atoms with van der Waals surface area (Å²) in [5, 5.41) is 0. The molecule has 0 unspecified atom stereocenters. The molecule has 92 valence electrons. The first-order chi connectivity index (χ1) is 7.84. The molecule has 0 N–H and O–H groups in total. The largest absolute Gasteiger partial charge is 0.363 e. The summed E-state index contributed by atoms with van der Waals surface area (Å²) >= 11 is 0. The number of ether oxygens (including phenoxy) is 1. The zero-order valence-corrected chi connectivity index (χ0v) is 10.5. The predicted molar refractivity (Wildman–Crippen MR) is 65.3 cm³/mol. The van der Waals surface area contributed by atoms with Gasteiger partial charge in [0.1, 0.15) is 0 Å². The van der Waals surface area contributed by atoms with Crippen LogP contribution in [0, 0.1) is 5.92 Å². The van der Waals surface area contributed by atoms with Gasteiger partial charge in [0.2, 0.25) is 0 Å². The van der Waals surface area contributed by atoms with Gasteiger partial charge in [-0.25, -0.2) is 0 Å². The molecule has 0 bridgehead atoms. The van der Waals surface area contributed by atoms with Crippen LogP contribution in [-0.4, -0.2) is 29.8 Å². The van der Waals surface area contributed by atoms with Gasteiger partial charge in [0.05, 0.1) is 12.8 Å². The maximum absolute atomic E-state index is 6.17. The van der Waals surface area contributed by atoms with Gasteiger partial charge in [0.15, 0.2) is 0 Å². The van der Waals surface area contributed by atoms with Crippen LogP contribution in [0.3, 0.4) is 0 Å². The quantitative estimate of drug-likeness (QED) is 0.625. The van der Waals surface area contributed by atoms with Gasteiger partial charge in [-0.05, 0) is 44.9 Å². The van der Waals surface area contributed by atoms with Crippen LogP contribution in [0.4, 0.5) is 0 Å². The van der Waals surface area contributed by atoms with E-state index in [0.29, 0.717) is 6.10 Å². The van der Waals surface area contributed by atoms with Gasteiger partial charge in [0, 0.05) is 12.1 Å². The molecule has 1 saturated carbocycles. The lowest BCUT2D eigenvalue weighted by atomic mass is 9.80. The molecule has 2 aliphatic heterocycles. The average Bonchev–Trinajstić information content (AvgIpc) is 2.48. The highest BCUT2D eigenvalue weighted by Crippen LogP contribution is 2.37. The molecule has 16 heavy (non-hydrogen) atoms. The van der Waals surface area contributed by atoms with E-state index in [0.717, 1.165) is 24.7 Å². The van der Waals surface area contributed by atoms with Crippen molar-refractivity contribution in [3.8, 4) is 0 Å². The maximum Gasteiger partial charge on any atom is 0.0998 e. The van der Waals surface area contributed by atoms with E-state index >= 15 is 0 Å². The number of rotatable bonds is 0. The van der Waals surface area contributed by atoms with Crippen molar-refractivity contribution >= 4 is 0 Å². The van der Waals surface area contributed by atoms with Gasteiger partial charge >= 0.3 is 0 Å². The van der Waals surface area contributed by atoms with Gasteiger partial charge in [0.25, 0.3) is 0 Å². The van der Waals surface area contributed by atoms with Crippen molar-refractivity contribution in [2.45, 2.75) is 76.5 Å². The average molecular weight is 223 g/mol. The van der Waals surface area contributed by atoms with Gasteiger partial charge in [-0.2, -0.15) is 0 Å². The van der Waals surface area contributed by atoms with Crippen LogP contribution in [-0.2, 0) is 4.74 Å². The van der Waals surface area contributed by atoms with Crippen molar-refractivity contribution < 1.29 is 4.74 Å². The van der Waals surface area contributed by atoms with Gasteiger partial charge in [-0.1, -0.05) is 19.3 Å². The molecule has 1 aliphatic carbocycles. The van der Waals surface area contributed by atoms with Crippen LogP contribution in [0.2, 0.25) is 0 Å². The highest BCUT2D eigenvalue weighted by molar-refractivity contribution is 4.88. The van der Waals surface area contributed by atoms with Crippen molar-refractivity contribution in [3.05, 3.63) is 0 Å². The fourth-order valence-corrected chi connectivity index (χ4v) is 4.02. The van der Waals surface area contributed by atoms with E-state index in [1.54, 1.807) is 0 Å². The van der Waals surface area contributed by atoms with Crippen molar-refractivity contribution in [1.82, 2.24) is 4.90 Å². The SMILES string of the molecule is C[C@@H]1CCC[C@@H]2C[C@H]3CCCC[C@@H]3OCN21. The Kier molecular flexibility index (Phi) is 3.21. The smallest absolute Gasteiger partial charge is 0.0998 e. The monoisotopic (exact) mass is 223 g/mol. The van der Waals surface area contributed by atoms with Gasteiger partial charge in [-0.15, -0.1) is 0 Å². The minimum Gasteiger partial charge on any atom is -0.363 e. The van der Waals surface area contributed by atoms with Gasteiger partial charge in [-0.3, -0.25) is 4.90 Å². The Morgan fingerprint density at radius 1 is 1.00 bits per heavy atom. The summed E-state index contributed by atoms with van der Waals surface area (Å²) in [5.41, 5.74) is 0. The van der Waals surface area contributed by atoms with Crippen molar-refractivity contribution in [1.29, 1.82) is 0 Å². The molecule has 0 amide bonds. The van der Waals surface area contributed by atoms with E-state index in [-0.39, 0.29) is 0 Å². The van der Waals surface area contributed by atoms with E-state index in [9.17, 15) is 0 Å². The third-order valence-electron chi connectivity index (χ3n) is 5.05. The number of piperidine rings is 1. The lowest BCUT2D eigenvalue weighted by Gasteiger charge is -2.39. The molecule has 3 fully saturated rings. The van der Waals surface area contributed by atoms with E-state index in [1.165, 1.54) is 51.4 Å². The Labute approximate surface area is 99.3 Å². The Morgan fingerprint density at radius 3 is 2.81 bits per heavy atom. The van der Waals surface area contributed by atoms with Crippen LogP contribution >= 0.6 is 0 Å². The zero-order chi connectivity index (χ0) is 11.0. The predicted octanol–water partition coefficient (Wildman–Crippen LogP) is 3.17. The molecule has 0 aromatic heterocycles. The summed E-state index contributed by atoms with van der Waals surface area (Å²) in [6.45, 7) is 3.29. The molecule has 0 aromatic rings. The number of nitrogens with zero attached hydrogens (tertiary/aromatic N) is 1. The highest BCUT2D eigenvalue weighted by Gasteiger charge is 2.37. The normalized spacial score (nSPS) is 45.6. The summed E-state index contributed by atoms with van der Waals surface area (Å²) in [4.78, 5) is 2.64. The van der Waals surface area contributed by atoms with Crippen molar-refractivity contribution in [2.75, 3.05) is 6.73 Å². The molecular weight excluding hydrogens is 198 g/mol.